The largest absolute Gasteiger partial charge is 1.00 e. The molecule has 0 fully saturated rings. The molecule has 0 saturated heterocycles. The van der Waals surface area contributed by atoms with E-state index in [2.05, 4.69) is 0 Å². The molecule has 0 unspecified atom stereocenters. The first-order valence-corrected chi connectivity index (χ1v) is 10.7. The Bertz CT molecular complexity index is 366. The molecule has 0 aromatic heterocycles. The topological polar surface area (TPSA) is 113 Å². The minimum atomic E-state index is -4.23. The Hall–Kier alpha value is 0.887. The van der Waals surface area contributed by atoms with Crippen molar-refractivity contribution in [3.8, 4) is 0 Å². The first-order valence-electron chi connectivity index (χ1n) is 7.54. The van der Waals surface area contributed by atoms with Crippen LogP contribution in [-0.4, -0.2) is 80.6 Å². The maximum absolute atomic E-state index is 10.3. The molecule has 0 saturated carbocycles. The number of rotatable bonds is 16. The zero-order valence-electron chi connectivity index (χ0n) is 14.9. The van der Waals surface area contributed by atoms with Crippen LogP contribution in [0.2, 0.25) is 0 Å². The molecule has 12 heteroatoms. The van der Waals surface area contributed by atoms with Crippen LogP contribution < -0.4 is 29.6 Å². The van der Waals surface area contributed by atoms with Crippen LogP contribution in [0.5, 0.6) is 0 Å². The maximum atomic E-state index is 10.3. The quantitative estimate of drug-likeness (QED) is 0.154. The second-order valence-corrected chi connectivity index (χ2v) is 7.81. The summed E-state index contributed by atoms with van der Waals surface area (Å²) >= 11 is 0. The van der Waals surface area contributed by atoms with Gasteiger partial charge in [0.15, 0.2) is 0 Å². The van der Waals surface area contributed by atoms with Gasteiger partial charge in [0.2, 0.25) is 0 Å². The van der Waals surface area contributed by atoms with E-state index in [1.54, 1.807) is 0 Å². The van der Waals surface area contributed by atoms with E-state index >= 15 is 0 Å². The van der Waals surface area contributed by atoms with E-state index in [0.29, 0.717) is 19.8 Å². The molecule has 140 valence electrons. The van der Waals surface area contributed by atoms with Gasteiger partial charge in [-0.1, -0.05) is 0 Å². The summed E-state index contributed by atoms with van der Waals surface area (Å²) in [5, 5.41) is 0. The van der Waals surface area contributed by atoms with Crippen molar-refractivity contribution >= 4 is 19.2 Å². The standard InChI is InChI=1S/C12H28O9SSi.Na/c1-4-18-23(19-5-2,20-6-3)21-10-9-16-7-8-17-11-12-22(13,14)15;/h4-12H2,1-3H3,(H,13,14,15);/q;+1/p-1. The predicted molar refractivity (Wildman–Crippen MR) is 82.8 cm³/mol. The van der Waals surface area contributed by atoms with E-state index in [9.17, 15) is 13.0 Å². The van der Waals surface area contributed by atoms with Crippen LogP contribution in [0.4, 0.5) is 0 Å². The molecular formula is C12H27NaO9SSi. The third-order valence-corrected chi connectivity index (χ3v) is 5.47. The van der Waals surface area contributed by atoms with Crippen LogP contribution in [-0.2, 0) is 37.3 Å². The third-order valence-electron chi connectivity index (χ3n) is 2.32. The van der Waals surface area contributed by atoms with Crippen LogP contribution in [0.15, 0.2) is 0 Å². The van der Waals surface area contributed by atoms with Crippen molar-refractivity contribution in [2.24, 2.45) is 0 Å². The van der Waals surface area contributed by atoms with Gasteiger partial charge in [-0.05, 0) is 20.8 Å². The molecule has 0 amide bonds. The summed E-state index contributed by atoms with van der Waals surface area (Å²) in [6, 6.07) is 0. The summed E-state index contributed by atoms with van der Waals surface area (Å²) in [6.07, 6.45) is 0. The Morgan fingerprint density at radius 1 is 0.750 bits per heavy atom. The fourth-order valence-corrected chi connectivity index (χ4v) is 3.70. The number of hydrogen-bond donors (Lipinski definition) is 0. The second kappa shape index (κ2) is 16.1. The zero-order valence-corrected chi connectivity index (χ0v) is 18.8. The summed E-state index contributed by atoms with van der Waals surface area (Å²) in [4.78, 5) is 0. The van der Waals surface area contributed by atoms with Crippen molar-refractivity contribution in [2.75, 3.05) is 58.6 Å². The van der Waals surface area contributed by atoms with Crippen LogP contribution in [0, 0.1) is 0 Å². The number of ether oxygens (including phenoxy) is 2. The number of hydrogen-bond acceptors (Lipinski definition) is 9. The van der Waals surface area contributed by atoms with Crippen molar-refractivity contribution in [2.45, 2.75) is 20.8 Å². The molecule has 0 rings (SSSR count). The van der Waals surface area contributed by atoms with Gasteiger partial charge < -0.3 is 31.7 Å². The molecule has 9 nitrogen and oxygen atoms in total. The van der Waals surface area contributed by atoms with Crippen LogP contribution in [0.25, 0.3) is 0 Å². The summed E-state index contributed by atoms with van der Waals surface area (Å²) in [5.74, 6) is -0.540. The summed E-state index contributed by atoms with van der Waals surface area (Å²) in [6.45, 7) is 7.59. The molecule has 0 bridgehead atoms. The van der Waals surface area contributed by atoms with Crippen LogP contribution in [0.3, 0.4) is 0 Å². The average molecular weight is 398 g/mol. The van der Waals surface area contributed by atoms with Gasteiger partial charge in [0.05, 0.1) is 48.9 Å². The molecule has 0 N–H and O–H groups in total. The molecule has 0 atom stereocenters. The first-order chi connectivity index (χ1) is 10.9. The molecule has 0 radical (unpaired) electrons. The van der Waals surface area contributed by atoms with Crippen molar-refractivity contribution in [3.05, 3.63) is 0 Å². The zero-order chi connectivity index (χ0) is 17.6. The monoisotopic (exact) mass is 398 g/mol. The van der Waals surface area contributed by atoms with Gasteiger partial charge in [-0.2, -0.15) is 0 Å². The molecular weight excluding hydrogens is 371 g/mol. The van der Waals surface area contributed by atoms with E-state index in [1.165, 1.54) is 0 Å². The van der Waals surface area contributed by atoms with Gasteiger partial charge >= 0.3 is 38.6 Å². The smallest absolute Gasteiger partial charge is 0.748 e. The van der Waals surface area contributed by atoms with Crippen LogP contribution in [0.1, 0.15) is 20.8 Å². The van der Waals surface area contributed by atoms with E-state index in [4.69, 9.17) is 27.2 Å². The van der Waals surface area contributed by atoms with Crippen LogP contribution >= 0.6 is 0 Å². The Morgan fingerprint density at radius 3 is 1.58 bits per heavy atom. The minimum absolute atomic E-state index is 0. The minimum Gasteiger partial charge on any atom is -0.748 e. The SMILES string of the molecule is CCO[Si](OCC)(OCC)OCCOCCOCCS(=O)(=O)[O-].[Na+]. The molecule has 0 aliphatic rings. The van der Waals surface area contributed by atoms with E-state index in [1.807, 2.05) is 20.8 Å². The molecule has 0 aromatic rings. The van der Waals surface area contributed by atoms with Gasteiger partial charge in [0.1, 0.15) is 0 Å². The maximum Gasteiger partial charge on any atom is 1.00 e. The van der Waals surface area contributed by atoms with E-state index in [0.717, 1.165) is 0 Å². The normalized spacial score (nSPS) is 12.2. The molecule has 24 heavy (non-hydrogen) atoms. The predicted octanol–water partition coefficient (Wildman–Crippen LogP) is -2.87. The average Bonchev–Trinajstić information content (AvgIpc) is 2.45. The van der Waals surface area contributed by atoms with Gasteiger partial charge in [0, 0.05) is 19.8 Å². The Labute approximate surface area is 167 Å². The van der Waals surface area contributed by atoms with Gasteiger partial charge in [-0.3, -0.25) is 0 Å². The summed E-state index contributed by atoms with van der Waals surface area (Å²) in [7, 11) is -7.34. The Morgan fingerprint density at radius 2 is 1.17 bits per heavy atom. The molecule has 0 spiro atoms. The van der Waals surface area contributed by atoms with Gasteiger partial charge in [-0.15, -0.1) is 0 Å². The van der Waals surface area contributed by atoms with E-state index in [-0.39, 0.29) is 62.6 Å². The Balaban J connectivity index is 0. The summed E-state index contributed by atoms with van der Waals surface area (Å²) < 4.78 is 63.4. The van der Waals surface area contributed by atoms with Crippen molar-refractivity contribution < 1.29 is 69.7 Å². The van der Waals surface area contributed by atoms with Crippen molar-refractivity contribution in [3.63, 3.8) is 0 Å². The Kier molecular flexibility index (Phi) is 18.2. The van der Waals surface area contributed by atoms with E-state index < -0.39 is 24.9 Å². The fraction of sp³-hybridized carbons (Fsp3) is 1.00. The third kappa shape index (κ3) is 15.2. The van der Waals surface area contributed by atoms with Gasteiger partial charge in [-0.25, -0.2) is 8.42 Å². The molecule has 0 heterocycles. The second-order valence-electron chi connectivity index (χ2n) is 4.13. The summed E-state index contributed by atoms with van der Waals surface area (Å²) in [5.41, 5.74) is 0. The van der Waals surface area contributed by atoms with Crippen molar-refractivity contribution in [1.29, 1.82) is 0 Å². The van der Waals surface area contributed by atoms with Gasteiger partial charge in [0.25, 0.3) is 0 Å². The molecule has 0 aliphatic heterocycles. The fourth-order valence-electron chi connectivity index (χ4n) is 1.49. The molecule has 0 aromatic carbocycles. The molecule has 0 aliphatic carbocycles. The first kappa shape index (κ1) is 27.1. The van der Waals surface area contributed by atoms with Crippen molar-refractivity contribution in [1.82, 2.24) is 0 Å².